The molecule has 0 aromatic heterocycles. The second-order valence-electron chi connectivity index (χ2n) is 6.88. The molecule has 8 heteroatoms. The first-order valence-corrected chi connectivity index (χ1v) is 10.7. The van der Waals surface area contributed by atoms with E-state index in [1.54, 1.807) is 31.2 Å². The van der Waals surface area contributed by atoms with Crippen LogP contribution in [0.15, 0.2) is 47.4 Å². The summed E-state index contributed by atoms with van der Waals surface area (Å²) in [5.41, 5.74) is 1.41. The summed E-state index contributed by atoms with van der Waals surface area (Å²) in [5, 5.41) is 5.39. The average molecular weight is 405 g/mol. The molecule has 6 nitrogen and oxygen atoms in total. The number of anilines is 2. The molecule has 28 heavy (non-hydrogen) atoms. The summed E-state index contributed by atoms with van der Waals surface area (Å²) in [4.78, 5) is 12.3. The fourth-order valence-corrected chi connectivity index (χ4v) is 4.70. The Bertz CT molecular complexity index is 957. The Labute approximate surface area is 164 Å². The van der Waals surface area contributed by atoms with Gasteiger partial charge in [0.25, 0.3) is 0 Å². The summed E-state index contributed by atoms with van der Waals surface area (Å²) in [6.45, 7) is 2.68. The van der Waals surface area contributed by atoms with E-state index < -0.39 is 21.7 Å². The van der Waals surface area contributed by atoms with Gasteiger partial charge in [-0.2, -0.15) is 4.31 Å². The lowest BCUT2D eigenvalue weighted by Crippen LogP contribution is -2.35. The molecule has 0 unspecified atom stereocenters. The van der Waals surface area contributed by atoms with Gasteiger partial charge in [-0.25, -0.2) is 12.8 Å². The van der Waals surface area contributed by atoms with Crippen LogP contribution >= 0.6 is 0 Å². The van der Waals surface area contributed by atoms with Crippen LogP contribution in [0.1, 0.15) is 24.8 Å². The van der Waals surface area contributed by atoms with E-state index in [0.29, 0.717) is 18.8 Å². The van der Waals surface area contributed by atoms with Gasteiger partial charge in [0.15, 0.2) is 0 Å². The van der Waals surface area contributed by atoms with E-state index in [1.807, 2.05) is 0 Å². The highest BCUT2D eigenvalue weighted by atomic mass is 32.2. The number of rotatable bonds is 6. The standard InChI is InChI=1S/C20H24FN3O3S/c1-15-8-9-19(18(21)12-15)22-14-20(25)23-16-6-5-7-17(13-16)28(26,27)24-10-3-2-4-11-24/h5-9,12-13,22H,2-4,10-11,14H2,1H3,(H,23,25). The molecule has 1 aliphatic rings. The number of carbonyl (C=O) groups excluding carboxylic acids is 1. The number of hydrogen-bond acceptors (Lipinski definition) is 4. The van der Waals surface area contributed by atoms with Gasteiger partial charge in [-0.3, -0.25) is 4.79 Å². The van der Waals surface area contributed by atoms with Crippen molar-refractivity contribution in [3.05, 3.63) is 53.8 Å². The molecule has 0 spiro atoms. The Balaban J connectivity index is 1.64. The smallest absolute Gasteiger partial charge is 0.243 e. The van der Waals surface area contributed by atoms with Crippen molar-refractivity contribution in [2.24, 2.45) is 0 Å². The summed E-state index contributed by atoms with van der Waals surface area (Å²) in [6, 6.07) is 10.9. The quantitative estimate of drug-likeness (QED) is 0.773. The minimum atomic E-state index is -3.57. The molecule has 0 saturated carbocycles. The minimum absolute atomic E-state index is 0.136. The zero-order chi connectivity index (χ0) is 20.1. The number of nitrogens with one attached hydrogen (secondary N) is 2. The third-order valence-corrected chi connectivity index (χ3v) is 6.53. The fourth-order valence-electron chi connectivity index (χ4n) is 3.13. The van der Waals surface area contributed by atoms with Crippen molar-refractivity contribution in [2.75, 3.05) is 30.3 Å². The van der Waals surface area contributed by atoms with Gasteiger partial charge in [-0.1, -0.05) is 18.6 Å². The Morgan fingerprint density at radius 1 is 1.11 bits per heavy atom. The number of aryl methyl sites for hydroxylation is 1. The Morgan fingerprint density at radius 3 is 2.57 bits per heavy atom. The van der Waals surface area contributed by atoms with Crippen molar-refractivity contribution in [1.82, 2.24) is 4.31 Å². The summed E-state index contributed by atoms with van der Waals surface area (Å²) in [5.74, 6) is -0.824. The molecule has 3 rings (SSSR count). The molecule has 2 aromatic carbocycles. The van der Waals surface area contributed by atoms with Gasteiger partial charge in [0.1, 0.15) is 5.82 Å². The van der Waals surface area contributed by atoms with Crippen LogP contribution in [0.25, 0.3) is 0 Å². The third-order valence-electron chi connectivity index (χ3n) is 4.63. The lowest BCUT2D eigenvalue weighted by atomic mass is 10.2. The Morgan fingerprint density at radius 2 is 1.86 bits per heavy atom. The number of benzene rings is 2. The molecule has 0 radical (unpaired) electrons. The van der Waals surface area contributed by atoms with E-state index in [4.69, 9.17) is 0 Å². The molecule has 0 atom stereocenters. The lowest BCUT2D eigenvalue weighted by Gasteiger charge is -2.26. The second kappa shape index (κ2) is 8.70. The number of sulfonamides is 1. The van der Waals surface area contributed by atoms with Crippen LogP contribution in [0, 0.1) is 12.7 Å². The van der Waals surface area contributed by atoms with Crippen molar-refractivity contribution >= 4 is 27.3 Å². The molecule has 0 bridgehead atoms. The van der Waals surface area contributed by atoms with Crippen LogP contribution in [0.2, 0.25) is 0 Å². The van der Waals surface area contributed by atoms with E-state index in [9.17, 15) is 17.6 Å². The molecule has 1 fully saturated rings. The average Bonchev–Trinajstić information content (AvgIpc) is 2.68. The number of piperidine rings is 1. The van der Waals surface area contributed by atoms with Crippen molar-refractivity contribution in [3.63, 3.8) is 0 Å². The largest absolute Gasteiger partial charge is 0.374 e. The van der Waals surface area contributed by atoms with Crippen LogP contribution in [0.5, 0.6) is 0 Å². The van der Waals surface area contributed by atoms with Gasteiger partial charge in [0.05, 0.1) is 17.1 Å². The maximum Gasteiger partial charge on any atom is 0.243 e. The highest BCUT2D eigenvalue weighted by Gasteiger charge is 2.26. The van der Waals surface area contributed by atoms with E-state index >= 15 is 0 Å². The van der Waals surface area contributed by atoms with Gasteiger partial charge in [-0.05, 0) is 55.7 Å². The maximum atomic E-state index is 13.8. The number of nitrogens with zero attached hydrogens (tertiary/aromatic N) is 1. The van der Waals surface area contributed by atoms with Crippen LogP contribution in [0.3, 0.4) is 0 Å². The Kier molecular flexibility index (Phi) is 6.31. The predicted octanol–water partition coefficient (Wildman–Crippen LogP) is 3.36. The van der Waals surface area contributed by atoms with Crippen LogP contribution in [-0.4, -0.2) is 38.3 Å². The highest BCUT2D eigenvalue weighted by molar-refractivity contribution is 7.89. The number of carbonyl (C=O) groups is 1. The third kappa shape index (κ3) is 4.88. The monoisotopic (exact) mass is 405 g/mol. The SMILES string of the molecule is Cc1ccc(NCC(=O)Nc2cccc(S(=O)(=O)N3CCCCC3)c2)c(F)c1. The Hall–Kier alpha value is -2.45. The van der Waals surface area contributed by atoms with Gasteiger partial charge >= 0.3 is 0 Å². The second-order valence-corrected chi connectivity index (χ2v) is 8.82. The molecule has 0 aliphatic carbocycles. The molecular weight excluding hydrogens is 381 g/mol. The van der Waals surface area contributed by atoms with Crippen molar-refractivity contribution < 1.29 is 17.6 Å². The number of hydrogen-bond donors (Lipinski definition) is 2. The lowest BCUT2D eigenvalue weighted by molar-refractivity contribution is -0.114. The molecule has 1 heterocycles. The number of amides is 1. The molecular formula is C20H24FN3O3S. The van der Waals surface area contributed by atoms with E-state index in [2.05, 4.69) is 10.6 Å². The molecule has 1 amide bonds. The maximum absolute atomic E-state index is 13.8. The van der Waals surface area contributed by atoms with Gasteiger partial charge in [0.2, 0.25) is 15.9 Å². The van der Waals surface area contributed by atoms with E-state index in [1.165, 1.54) is 22.5 Å². The molecule has 2 N–H and O–H groups in total. The summed E-state index contributed by atoms with van der Waals surface area (Å²) < 4.78 is 40.8. The van der Waals surface area contributed by atoms with E-state index in [0.717, 1.165) is 24.8 Å². The fraction of sp³-hybridized carbons (Fsp3) is 0.350. The molecule has 2 aromatic rings. The van der Waals surface area contributed by atoms with Crippen LogP contribution in [-0.2, 0) is 14.8 Å². The molecule has 1 saturated heterocycles. The predicted molar refractivity (Wildman–Crippen MR) is 107 cm³/mol. The molecule has 1 aliphatic heterocycles. The van der Waals surface area contributed by atoms with Crippen LogP contribution in [0.4, 0.5) is 15.8 Å². The van der Waals surface area contributed by atoms with E-state index in [-0.39, 0.29) is 17.1 Å². The van der Waals surface area contributed by atoms with Gasteiger partial charge < -0.3 is 10.6 Å². The molecule has 150 valence electrons. The summed E-state index contributed by atoms with van der Waals surface area (Å²) in [7, 11) is -3.57. The zero-order valence-electron chi connectivity index (χ0n) is 15.7. The summed E-state index contributed by atoms with van der Waals surface area (Å²) in [6.07, 6.45) is 2.75. The van der Waals surface area contributed by atoms with Gasteiger partial charge in [-0.15, -0.1) is 0 Å². The van der Waals surface area contributed by atoms with Crippen molar-refractivity contribution in [1.29, 1.82) is 0 Å². The topological polar surface area (TPSA) is 78.5 Å². The normalized spacial score (nSPS) is 15.2. The highest BCUT2D eigenvalue weighted by Crippen LogP contribution is 2.23. The number of halogens is 1. The minimum Gasteiger partial charge on any atom is -0.374 e. The first kappa shape index (κ1) is 20.3. The first-order chi connectivity index (χ1) is 13.4. The van der Waals surface area contributed by atoms with Crippen LogP contribution < -0.4 is 10.6 Å². The van der Waals surface area contributed by atoms with Crippen molar-refractivity contribution in [3.8, 4) is 0 Å². The summed E-state index contributed by atoms with van der Waals surface area (Å²) >= 11 is 0. The van der Waals surface area contributed by atoms with Crippen molar-refractivity contribution in [2.45, 2.75) is 31.1 Å². The zero-order valence-corrected chi connectivity index (χ0v) is 16.6. The first-order valence-electron chi connectivity index (χ1n) is 9.26. The van der Waals surface area contributed by atoms with Gasteiger partial charge in [0, 0.05) is 18.8 Å².